The number of hydrogen-bond donors (Lipinski definition) is 1. The third-order valence-electron chi connectivity index (χ3n) is 4.07. The number of hydrogen-bond acceptors (Lipinski definition) is 3. The lowest BCUT2D eigenvalue weighted by Gasteiger charge is -2.26. The molecule has 0 aromatic heterocycles. The third kappa shape index (κ3) is 2.61. The largest absolute Gasteiger partial charge is 0.481 e. The Morgan fingerprint density at radius 2 is 2.32 bits per heavy atom. The number of carboxylic acid groups (broad SMARTS) is 1. The number of benzene rings is 1. The van der Waals surface area contributed by atoms with E-state index >= 15 is 0 Å². The van der Waals surface area contributed by atoms with E-state index in [9.17, 15) is 9.90 Å². The molecule has 2 atom stereocenters. The van der Waals surface area contributed by atoms with Gasteiger partial charge >= 0.3 is 5.97 Å². The number of aliphatic carboxylic acids is 1. The van der Waals surface area contributed by atoms with Crippen molar-refractivity contribution in [1.82, 2.24) is 4.90 Å². The summed E-state index contributed by atoms with van der Waals surface area (Å²) in [7, 11) is 0. The molecule has 1 aliphatic heterocycles. The third-order valence-corrected chi connectivity index (χ3v) is 4.07. The average molecular weight is 258 g/mol. The Morgan fingerprint density at radius 3 is 2.89 bits per heavy atom. The van der Waals surface area contributed by atoms with E-state index in [2.05, 4.69) is 17.9 Å². The van der Waals surface area contributed by atoms with E-state index in [4.69, 9.17) is 5.26 Å². The zero-order chi connectivity index (χ0) is 14.0. The van der Waals surface area contributed by atoms with Gasteiger partial charge in [0.1, 0.15) is 0 Å². The van der Waals surface area contributed by atoms with Crippen LogP contribution in [0.3, 0.4) is 0 Å². The minimum atomic E-state index is -0.729. The van der Waals surface area contributed by atoms with E-state index in [1.807, 2.05) is 18.2 Å². The second-order valence-corrected chi connectivity index (χ2v) is 5.50. The molecule has 100 valence electrons. The highest BCUT2D eigenvalue weighted by Gasteiger charge is 2.41. The lowest BCUT2D eigenvalue weighted by Crippen LogP contribution is -2.32. The van der Waals surface area contributed by atoms with Gasteiger partial charge in [0.25, 0.3) is 0 Å². The molecule has 0 saturated carbocycles. The van der Waals surface area contributed by atoms with Gasteiger partial charge in [0.05, 0.1) is 17.0 Å². The first kappa shape index (κ1) is 13.6. The van der Waals surface area contributed by atoms with Crippen LogP contribution in [0.5, 0.6) is 0 Å². The summed E-state index contributed by atoms with van der Waals surface area (Å²) in [5, 5.41) is 18.2. The number of carbonyl (C=O) groups is 1. The molecule has 0 bridgehead atoms. The van der Waals surface area contributed by atoms with E-state index in [1.54, 1.807) is 13.0 Å². The second kappa shape index (κ2) is 5.02. The number of nitrogens with zero attached hydrogens (tertiary/aromatic N) is 2. The second-order valence-electron chi connectivity index (χ2n) is 5.50. The Bertz CT molecular complexity index is 535. The maximum Gasteiger partial charge on any atom is 0.310 e. The Labute approximate surface area is 113 Å². The fraction of sp³-hybridized carbons (Fsp3) is 0.467. The first-order valence-electron chi connectivity index (χ1n) is 6.44. The lowest BCUT2D eigenvalue weighted by atomic mass is 9.90. The van der Waals surface area contributed by atoms with Crippen LogP contribution in [0.15, 0.2) is 24.3 Å². The molecule has 0 radical (unpaired) electrons. The molecule has 1 aromatic rings. The maximum absolute atomic E-state index is 11.3. The van der Waals surface area contributed by atoms with Crippen molar-refractivity contribution in [2.45, 2.75) is 26.3 Å². The van der Waals surface area contributed by atoms with Crippen LogP contribution < -0.4 is 0 Å². The first-order valence-corrected chi connectivity index (χ1v) is 6.44. The molecule has 1 aliphatic rings. The van der Waals surface area contributed by atoms with Crippen LogP contribution in [0.1, 0.15) is 37.4 Å². The van der Waals surface area contributed by atoms with Gasteiger partial charge in [-0.25, -0.2) is 0 Å². The summed E-state index contributed by atoms with van der Waals surface area (Å²) < 4.78 is 0. The van der Waals surface area contributed by atoms with E-state index in [0.29, 0.717) is 18.5 Å². The highest BCUT2D eigenvalue weighted by Crippen LogP contribution is 2.35. The quantitative estimate of drug-likeness (QED) is 0.904. The number of nitriles is 1. The molecule has 0 aliphatic carbocycles. The van der Waals surface area contributed by atoms with Gasteiger partial charge in [-0.3, -0.25) is 9.69 Å². The zero-order valence-corrected chi connectivity index (χ0v) is 11.3. The van der Waals surface area contributed by atoms with Crippen LogP contribution in [-0.4, -0.2) is 29.1 Å². The molecule has 4 nitrogen and oxygen atoms in total. The van der Waals surface area contributed by atoms with Gasteiger partial charge in [0, 0.05) is 12.6 Å². The van der Waals surface area contributed by atoms with Gasteiger partial charge < -0.3 is 5.11 Å². The van der Waals surface area contributed by atoms with Gasteiger partial charge in [-0.15, -0.1) is 0 Å². The topological polar surface area (TPSA) is 64.3 Å². The van der Waals surface area contributed by atoms with Crippen molar-refractivity contribution in [3.63, 3.8) is 0 Å². The van der Waals surface area contributed by atoms with Crippen LogP contribution in [0.25, 0.3) is 0 Å². The molecular formula is C15H18N2O2. The fourth-order valence-corrected chi connectivity index (χ4v) is 2.58. The average Bonchev–Trinajstić information content (AvgIpc) is 2.82. The van der Waals surface area contributed by atoms with Gasteiger partial charge in [0.15, 0.2) is 0 Å². The van der Waals surface area contributed by atoms with Crippen molar-refractivity contribution < 1.29 is 9.90 Å². The molecule has 1 heterocycles. The summed E-state index contributed by atoms with van der Waals surface area (Å²) in [4.78, 5) is 13.4. The highest BCUT2D eigenvalue weighted by atomic mass is 16.4. The monoisotopic (exact) mass is 258 g/mol. The van der Waals surface area contributed by atoms with Gasteiger partial charge in [0.2, 0.25) is 0 Å². The molecule has 1 saturated heterocycles. The van der Waals surface area contributed by atoms with Gasteiger partial charge in [-0.1, -0.05) is 12.1 Å². The van der Waals surface area contributed by atoms with Crippen LogP contribution >= 0.6 is 0 Å². The molecule has 2 unspecified atom stereocenters. The van der Waals surface area contributed by atoms with Crippen LogP contribution in [0.2, 0.25) is 0 Å². The Kier molecular flexibility index (Phi) is 3.59. The minimum absolute atomic E-state index is 0.134. The van der Waals surface area contributed by atoms with Crippen molar-refractivity contribution in [3.05, 3.63) is 35.4 Å². The summed E-state index contributed by atoms with van der Waals surface area (Å²) >= 11 is 0. The maximum atomic E-state index is 11.3. The molecule has 19 heavy (non-hydrogen) atoms. The van der Waals surface area contributed by atoms with Crippen molar-refractivity contribution in [2.75, 3.05) is 13.1 Å². The van der Waals surface area contributed by atoms with Crippen molar-refractivity contribution in [3.8, 4) is 6.07 Å². The molecule has 4 heteroatoms. The lowest BCUT2D eigenvalue weighted by molar-refractivity contribution is -0.147. The molecule has 1 fully saturated rings. The summed E-state index contributed by atoms with van der Waals surface area (Å²) in [6, 6.07) is 9.78. The van der Waals surface area contributed by atoms with Crippen molar-refractivity contribution >= 4 is 5.97 Å². The Balaban J connectivity index is 2.15. The number of carboxylic acids is 1. The molecule has 0 amide bonds. The number of likely N-dealkylation sites (tertiary alicyclic amines) is 1. The Hall–Kier alpha value is -1.86. The smallest absolute Gasteiger partial charge is 0.310 e. The highest BCUT2D eigenvalue weighted by molar-refractivity contribution is 5.74. The molecule has 1 N–H and O–H groups in total. The predicted octanol–water partition coefficient (Wildman–Crippen LogP) is 2.42. The Morgan fingerprint density at radius 1 is 1.58 bits per heavy atom. The zero-order valence-electron chi connectivity index (χ0n) is 11.3. The summed E-state index contributed by atoms with van der Waals surface area (Å²) in [5.74, 6) is -0.729. The number of rotatable bonds is 3. The standard InChI is InChI=1S/C15H18N2O2/c1-11(13-5-3-4-12(8-13)9-16)17-7-6-15(2,10-17)14(18)19/h3-5,8,11H,6-7,10H2,1-2H3,(H,18,19). The van der Waals surface area contributed by atoms with E-state index in [-0.39, 0.29) is 6.04 Å². The van der Waals surface area contributed by atoms with Gasteiger partial charge in [-0.05, 0) is 44.5 Å². The fourth-order valence-electron chi connectivity index (χ4n) is 2.58. The van der Waals surface area contributed by atoms with Crippen LogP contribution in [0.4, 0.5) is 0 Å². The van der Waals surface area contributed by atoms with Gasteiger partial charge in [-0.2, -0.15) is 5.26 Å². The molecule has 2 rings (SSSR count). The van der Waals surface area contributed by atoms with Crippen molar-refractivity contribution in [1.29, 1.82) is 5.26 Å². The molecule has 0 spiro atoms. The van der Waals surface area contributed by atoms with E-state index < -0.39 is 11.4 Å². The molecular weight excluding hydrogens is 240 g/mol. The SMILES string of the molecule is CC(c1cccc(C#N)c1)N1CCC(C)(C(=O)O)C1. The first-order chi connectivity index (χ1) is 8.96. The van der Waals surface area contributed by atoms with E-state index in [0.717, 1.165) is 12.1 Å². The normalized spacial score (nSPS) is 24.9. The predicted molar refractivity (Wildman–Crippen MR) is 71.5 cm³/mol. The van der Waals surface area contributed by atoms with Crippen LogP contribution in [0, 0.1) is 16.7 Å². The molecule has 1 aromatic carbocycles. The summed E-state index contributed by atoms with van der Waals surface area (Å²) in [5.41, 5.74) is 1.06. The summed E-state index contributed by atoms with van der Waals surface area (Å²) in [6.07, 6.45) is 0.671. The minimum Gasteiger partial charge on any atom is -0.481 e. The van der Waals surface area contributed by atoms with Crippen molar-refractivity contribution in [2.24, 2.45) is 5.41 Å². The van der Waals surface area contributed by atoms with E-state index in [1.165, 1.54) is 0 Å². The summed E-state index contributed by atoms with van der Waals surface area (Å²) in [6.45, 7) is 5.19. The van der Waals surface area contributed by atoms with Crippen LogP contribution in [-0.2, 0) is 4.79 Å².